The van der Waals surface area contributed by atoms with Gasteiger partial charge in [-0.2, -0.15) is 13.2 Å². The average Bonchev–Trinajstić information content (AvgIpc) is 2.46. The zero-order valence-electron chi connectivity index (χ0n) is 13.3. The van der Waals surface area contributed by atoms with Crippen molar-refractivity contribution in [2.24, 2.45) is 0 Å². The molecule has 0 radical (unpaired) electrons. The molecule has 2 nitrogen and oxygen atoms in total. The highest BCUT2D eigenvalue weighted by atomic mass is 19.4. The molecule has 0 N–H and O–H groups in total. The van der Waals surface area contributed by atoms with E-state index in [4.69, 9.17) is 0 Å². The molecule has 1 saturated heterocycles. The minimum absolute atomic E-state index is 0.0110. The van der Waals surface area contributed by atoms with Crippen LogP contribution in [0, 0.1) is 0 Å². The first kappa shape index (κ1) is 17.3. The molecule has 0 bridgehead atoms. The van der Waals surface area contributed by atoms with Gasteiger partial charge in [0, 0.05) is 18.6 Å². The zero-order chi connectivity index (χ0) is 16.2. The van der Waals surface area contributed by atoms with Crippen molar-refractivity contribution in [2.75, 3.05) is 19.6 Å². The third-order valence-corrected chi connectivity index (χ3v) is 4.36. The van der Waals surface area contributed by atoms with Crippen LogP contribution in [0.2, 0.25) is 0 Å². The van der Waals surface area contributed by atoms with E-state index < -0.39 is 12.7 Å². The van der Waals surface area contributed by atoms with E-state index in [2.05, 4.69) is 18.7 Å². The van der Waals surface area contributed by atoms with Gasteiger partial charge in [0.15, 0.2) is 0 Å². The molecule has 2 rings (SSSR count). The Morgan fingerprint density at radius 2 is 1.73 bits per heavy atom. The van der Waals surface area contributed by atoms with Gasteiger partial charge in [0.1, 0.15) is 0 Å². The maximum absolute atomic E-state index is 12.9. The van der Waals surface area contributed by atoms with Crippen molar-refractivity contribution in [2.45, 2.75) is 51.5 Å². The van der Waals surface area contributed by atoms with Gasteiger partial charge in [-0.05, 0) is 45.3 Å². The molecule has 22 heavy (non-hydrogen) atoms. The quantitative estimate of drug-likeness (QED) is 0.813. The van der Waals surface area contributed by atoms with Crippen LogP contribution >= 0.6 is 0 Å². The Labute approximate surface area is 130 Å². The van der Waals surface area contributed by atoms with Gasteiger partial charge < -0.3 is 4.90 Å². The molecular weight excluding hydrogens is 289 g/mol. The van der Waals surface area contributed by atoms with Crippen molar-refractivity contribution in [1.29, 1.82) is 0 Å². The lowest BCUT2D eigenvalue weighted by molar-refractivity contribution is -0.154. The SMILES string of the molecule is CC(C)N1CCC(N(Cc2ccccc2)CC(F)(F)F)CC1. The van der Waals surface area contributed by atoms with E-state index in [0.717, 1.165) is 31.5 Å². The Balaban J connectivity index is 2.02. The van der Waals surface area contributed by atoms with Gasteiger partial charge in [0.25, 0.3) is 0 Å². The number of alkyl halides is 3. The summed E-state index contributed by atoms with van der Waals surface area (Å²) >= 11 is 0. The molecule has 0 aromatic heterocycles. The smallest absolute Gasteiger partial charge is 0.301 e. The minimum Gasteiger partial charge on any atom is -0.301 e. The lowest BCUT2D eigenvalue weighted by Crippen LogP contribution is -2.48. The number of hydrogen-bond donors (Lipinski definition) is 0. The van der Waals surface area contributed by atoms with E-state index in [1.807, 2.05) is 30.3 Å². The predicted octanol–water partition coefficient (Wildman–Crippen LogP) is 3.92. The second-order valence-corrected chi connectivity index (χ2v) is 6.37. The van der Waals surface area contributed by atoms with Gasteiger partial charge in [-0.3, -0.25) is 4.90 Å². The largest absolute Gasteiger partial charge is 0.401 e. The van der Waals surface area contributed by atoms with Crippen LogP contribution in [0.4, 0.5) is 13.2 Å². The normalized spacial score (nSPS) is 18.3. The first-order valence-corrected chi connectivity index (χ1v) is 7.94. The number of benzene rings is 1. The minimum atomic E-state index is -4.15. The van der Waals surface area contributed by atoms with Crippen molar-refractivity contribution >= 4 is 0 Å². The van der Waals surface area contributed by atoms with Gasteiger partial charge in [-0.1, -0.05) is 30.3 Å². The summed E-state index contributed by atoms with van der Waals surface area (Å²) in [5, 5.41) is 0. The van der Waals surface area contributed by atoms with Crippen molar-refractivity contribution in [3.8, 4) is 0 Å². The predicted molar refractivity (Wildman–Crippen MR) is 82.6 cm³/mol. The number of halogens is 3. The number of piperidine rings is 1. The summed E-state index contributed by atoms with van der Waals surface area (Å²) in [5.74, 6) is 0. The van der Waals surface area contributed by atoms with Gasteiger partial charge >= 0.3 is 6.18 Å². The number of rotatable bonds is 5. The molecule has 0 unspecified atom stereocenters. The Kier molecular flexibility index (Phi) is 5.87. The van der Waals surface area contributed by atoms with Crippen LogP contribution in [0.5, 0.6) is 0 Å². The van der Waals surface area contributed by atoms with Crippen LogP contribution in [-0.4, -0.2) is 47.7 Å². The monoisotopic (exact) mass is 314 g/mol. The first-order chi connectivity index (χ1) is 10.3. The fourth-order valence-electron chi connectivity index (χ4n) is 3.13. The standard InChI is InChI=1S/C17H25F3N2/c1-14(2)21-10-8-16(9-11-21)22(13-17(18,19)20)12-15-6-4-3-5-7-15/h3-7,14,16H,8-13H2,1-2H3. The van der Waals surface area contributed by atoms with Crippen molar-refractivity contribution < 1.29 is 13.2 Å². The summed E-state index contributed by atoms with van der Waals surface area (Å²) < 4.78 is 38.7. The third kappa shape index (κ3) is 5.29. The molecule has 124 valence electrons. The van der Waals surface area contributed by atoms with Gasteiger partial charge in [-0.15, -0.1) is 0 Å². The molecule has 0 aliphatic carbocycles. The Bertz CT molecular complexity index is 437. The second kappa shape index (κ2) is 7.47. The summed E-state index contributed by atoms with van der Waals surface area (Å²) in [6.45, 7) is 5.58. The lowest BCUT2D eigenvalue weighted by Gasteiger charge is -2.40. The Hall–Kier alpha value is -1.07. The number of nitrogens with zero attached hydrogens (tertiary/aromatic N) is 2. The summed E-state index contributed by atoms with van der Waals surface area (Å²) in [6, 6.07) is 9.91. The van der Waals surface area contributed by atoms with E-state index in [0.29, 0.717) is 12.6 Å². The fraction of sp³-hybridized carbons (Fsp3) is 0.647. The van der Waals surface area contributed by atoms with E-state index in [-0.39, 0.29) is 6.04 Å². The second-order valence-electron chi connectivity index (χ2n) is 6.37. The van der Waals surface area contributed by atoms with Crippen LogP contribution in [0.3, 0.4) is 0 Å². The fourth-order valence-corrected chi connectivity index (χ4v) is 3.13. The molecule has 1 heterocycles. The lowest BCUT2D eigenvalue weighted by atomic mass is 10.0. The first-order valence-electron chi connectivity index (χ1n) is 7.94. The third-order valence-electron chi connectivity index (χ3n) is 4.36. The van der Waals surface area contributed by atoms with Crippen molar-refractivity contribution in [1.82, 2.24) is 9.80 Å². The van der Waals surface area contributed by atoms with E-state index in [9.17, 15) is 13.2 Å². The number of hydrogen-bond acceptors (Lipinski definition) is 2. The molecule has 0 saturated carbocycles. The molecule has 0 atom stereocenters. The Morgan fingerprint density at radius 3 is 2.23 bits per heavy atom. The van der Waals surface area contributed by atoms with Crippen molar-refractivity contribution in [3.05, 3.63) is 35.9 Å². The topological polar surface area (TPSA) is 6.48 Å². The molecule has 0 spiro atoms. The zero-order valence-corrected chi connectivity index (χ0v) is 13.3. The summed E-state index contributed by atoms with van der Waals surface area (Å²) in [5.41, 5.74) is 0.943. The molecule has 1 fully saturated rings. The van der Waals surface area contributed by atoms with E-state index in [1.54, 1.807) is 4.90 Å². The molecule has 1 aliphatic rings. The highest BCUT2D eigenvalue weighted by Crippen LogP contribution is 2.25. The maximum Gasteiger partial charge on any atom is 0.401 e. The molecule has 1 aromatic carbocycles. The highest BCUT2D eigenvalue weighted by Gasteiger charge is 2.35. The summed E-state index contributed by atoms with van der Waals surface area (Å²) in [7, 11) is 0. The molecular formula is C17H25F3N2. The van der Waals surface area contributed by atoms with Crippen LogP contribution < -0.4 is 0 Å². The van der Waals surface area contributed by atoms with Crippen LogP contribution in [0.1, 0.15) is 32.3 Å². The Morgan fingerprint density at radius 1 is 1.14 bits per heavy atom. The molecule has 5 heteroatoms. The van der Waals surface area contributed by atoms with Crippen LogP contribution in [-0.2, 0) is 6.54 Å². The van der Waals surface area contributed by atoms with Crippen LogP contribution in [0.25, 0.3) is 0 Å². The van der Waals surface area contributed by atoms with Gasteiger partial charge in [0.2, 0.25) is 0 Å². The van der Waals surface area contributed by atoms with Gasteiger partial charge in [0.05, 0.1) is 6.54 Å². The van der Waals surface area contributed by atoms with Crippen molar-refractivity contribution in [3.63, 3.8) is 0 Å². The maximum atomic E-state index is 12.9. The summed E-state index contributed by atoms with van der Waals surface area (Å²) in [4.78, 5) is 3.94. The number of likely N-dealkylation sites (tertiary alicyclic amines) is 1. The molecule has 1 aromatic rings. The summed E-state index contributed by atoms with van der Waals surface area (Å²) in [6.07, 6.45) is -2.54. The van der Waals surface area contributed by atoms with Crippen LogP contribution in [0.15, 0.2) is 30.3 Å². The van der Waals surface area contributed by atoms with E-state index in [1.165, 1.54) is 0 Å². The van der Waals surface area contributed by atoms with E-state index >= 15 is 0 Å². The highest BCUT2D eigenvalue weighted by molar-refractivity contribution is 5.14. The molecule has 1 aliphatic heterocycles. The van der Waals surface area contributed by atoms with Gasteiger partial charge in [-0.25, -0.2) is 0 Å². The average molecular weight is 314 g/mol. The molecule has 0 amide bonds.